The van der Waals surface area contributed by atoms with E-state index in [1.165, 1.54) is 11.3 Å². The average molecular weight is 517 g/mol. The quantitative estimate of drug-likeness (QED) is 0.361. The summed E-state index contributed by atoms with van der Waals surface area (Å²) in [6.45, 7) is 1.94. The van der Waals surface area contributed by atoms with Crippen molar-refractivity contribution in [2.24, 2.45) is 9.98 Å². The zero-order valence-corrected chi connectivity index (χ0v) is 21.9. The molecule has 0 radical (unpaired) electrons. The number of benzene rings is 1. The van der Waals surface area contributed by atoms with Crippen LogP contribution < -0.4 is 10.6 Å². The first-order chi connectivity index (χ1) is 16.7. The molecule has 0 unspecified atom stereocenters. The van der Waals surface area contributed by atoms with E-state index in [2.05, 4.69) is 20.6 Å². The summed E-state index contributed by atoms with van der Waals surface area (Å²) in [4.78, 5) is 23.0. The summed E-state index contributed by atoms with van der Waals surface area (Å²) >= 11 is 1.42. The molecular formula is C25H32N4O4S2. The van der Waals surface area contributed by atoms with Crippen molar-refractivity contribution in [2.75, 3.05) is 25.2 Å². The normalized spacial score (nSPS) is 16.3. The summed E-state index contributed by atoms with van der Waals surface area (Å²) in [5.74, 6) is 0.227. The van der Waals surface area contributed by atoms with Gasteiger partial charge in [0.1, 0.15) is 0 Å². The Bertz CT molecular complexity index is 1240. The lowest BCUT2D eigenvalue weighted by atomic mass is 9.99. The van der Waals surface area contributed by atoms with E-state index in [1.807, 2.05) is 25.1 Å². The molecule has 35 heavy (non-hydrogen) atoms. The van der Waals surface area contributed by atoms with Gasteiger partial charge in [0.25, 0.3) is 5.91 Å². The van der Waals surface area contributed by atoms with E-state index in [-0.39, 0.29) is 17.4 Å². The molecule has 0 saturated heterocycles. The van der Waals surface area contributed by atoms with Crippen LogP contribution in [0.1, 0.15) is 52.2 Å². The first-order valence-corrected chi connectivity index (χ1v) is 14.1. The molecular weight excluding hydrogens is 484 g/mol. The Morgan fingerprint density at radius 1 is 1.26 bits per heavy atom. The van der Waals surface area contributed by atoms with Gasteiger partial charge < -0.3 is 15.7 Å². The van der Waals surface area contributed by atoms with Gasteiger partial charge in [0.2, 0.25) is 5.96 Å². The number of nitrogens with one attached hydrogen (secondary N) is 2. The predicted molar refractivity (Wildman–Crippen MR) is 143 cm³/mol. The van der Waals surface area contributed by atoms with Crippen LogP contribution in [0.4, 0.5) is 5.69 Å². The number of aliphatic hydroxyl groups is 1. The summed E-state index contributed by atoms with van der Waals surface area (Å²) in [6, 6.07) is 8.37. The summed E-state index contributed by atoms with van der Waals surface area (Å²) < 4.78 is 23.5. The predicted octanol–water partition coefficient (Wildman–Crippen LogP) is 4.07. The highest BCUT2D eigenvalue weighted by Crippen LogP contribution is 2.30. The lowest BCUT2D eigenvalue weighted by molar-refractivity contribution is 0.0842. The maximum Gasteiger partial charge on any atom is 0.261 e. The monoisotopic (exact) mass is 516 g/mol. The lowest BCUT2D eigenvalue weighted by Crippen LogP contribution is -2.49. The van der Waals surface area contributed by atoms with Crippen LogP contribution in [-0.4, -0.2) is 57.1 Å². The van der Waals surface area contributed by atoms with Gasteiger partial charge in [0.05, 0.1) is 21.9 Å². The minimum Gasteiger partial charge on any atom is -0.394 e. The van der Waals surface area contributed by atoms with E-state index in [9.17, 15) is 18.3 Å². The molecule has 0 spiro atoms. The van der Waals surface area contributed by atoms with Gasteiger partial charge in [0.15, 0.2) is 9.84 Å². The van der Waals surface area contributed by atoms with Gasteiger partial charge in [-0.15, -0.1) is 11.3 Å². The smallest absolute Gasteiger partial charge is 0.261 e. The Kier molecular flexibility index (Phi) is 8.98. The summed E-state index contributed by atoms with van der Waals surface area (Å²) in [7, 11) is -1.70. The highest BCUT2D eigenvalue weighted by Gasteiger charge is 2.35. The minimum atomic E-state index is -3.30. The standard InChI is InChI=1S/C25H32N4O4S2/c1-18-15-22(23(31)29-25(17-30)12-5-6-13-25)34-21(18)11-4-7-14-27-24(26-2)28-19-9-8-10-20(16-19)35(3,32)33/h4,8-11,14-16,30H,5-7,12-13,17H2,1-3H3,(H,26,28)(H,29,31)/b11-4-,27-14?. The second kappa shape index (κ2) is 11.7. The highest BCUT2D eigenvalue weighted by molar-refractivity contribution is 7.90. The molecule has 10 heteroatoms. The summed E-state index contributed by atoms with van der Waals surface area (Å²) in [5.41, 5.74) is 1.11. The van der Waals surface area contributed by atoms with Crippen LogP contribution in [0, 0.1) is 6.92 Å². The number of nitrogens with zero attached hydrogens (tertiary/aromatic N) is 2. The van der Waals surface area contributed by atoms with Gasteiger partial charge in [-0.25, -0.2) is 13.4 Å². The topological polar surface area (TPSA) is 120 Å². The summed E-state index contributed by atoms with van der Waals surface area (Å²) in [6.07, 6.45) is 11.0. The number of carbonyl (C=O) groups is 1. The van der Waals surface area contributed by atoms with Crippen molar-refractivity contribution in [3.8, 4) is 0 Å². The van der Waals surface area contributed by atoms with Crippen LogP contribution in [0.3, 0.4) is 0 Å². The number of amides is 1. The zero-order valence-electron chi connectivity index (χ0n) is 20.2. The number of allylic oxidation sites excluding steroid dienone is 1. The molecule has 1 fully saturated rings. The van der Waals surface area contributed by atoms with Crippen molar-refractivity contribution in [1.82, 2.24) is 5.32 Å². The van der Waals surface area contributed by atoms with Gasteiger partial charge in [-0.3, -0.25) is 9.79 Å². The number of rotatable bonds is 8. The van der Waals surface area contributed by atoms with Crippen LogP contribution in [-0.2, 0) is 9.84 Å². The molecule has 1 saturated carbocycles. The lowest BCUT2D eigenvalue weighted by Gasteiger charge is -2.27. The van der Waals surface area contributed by atoms with Crippen LogP contribution in [0.15, 0.2) is 51.3 Å². The van der Waals surface area contributed by atoms with E-state index in [0.717, 1.165) is 42.4 Å². The third kappa shape index (κ3) is 7.33. The fourth-order valence-corrected chi connectivity index (χ4v) is 5.57. The Morgan fingerprint density at radius 2 is 2.00 bits per heavy atom. The number of carbonyl (C=O) groups excluding carboxylic acids is 1. The van der Waals surface area contributed by atoms with E-state index in [0.29, 0.717) is 22.9 Å². The fourth-order valence-electron chi connectivity index (χ4n) is 3.91. The number of aliphatic imine (C=N–C) groups is 2. The highest BCUT2D eigenvalue weighted by atomic mass is 32.2. The number of hydrogen-bond donors (Lipinski definition) is 3. The molecule has 0 bridgehead atoms. The second-order valence-electron chi connectivity index (χ2n) is 8.68. The molecule has 3 N–H and O–H groups in total. The number of thiophene rings is 1. The van der Waals surface area contributed by atoms with Crippen molar-refractivity contribution < 1.29 is 18.3 Å². The molecule has 1 aromatic heterocycles. The molecule has 1 heterocycles. The Hall–Kier alpha value is -2.82. The molecule has 0 aliphatic heterocycles. The van der Waals surface area contributed by atoms with E-state index >= 15 is 0 Å². The minimum absolute atomic E-state index is 0.0315. The van der Waals surface area contributed by atoms with Gasteiger partial charge in [-0.2, -0.15) is 0 Å². The maximum absolute atomic E-state index is 12.7. The Labute approximate surface area is 210 Å². The van der Waals surface area contributed by atoms with Crippen LogP contribution in [0.2, 0.25) is 0 Å². The van der Waals surface area contributed by atoms with Crippen LogP contribution in [0.25, 0.3) is 6.08 Å². The van der Waals surface area contributed by atoms with Crippen LogP contribution >= 0.6 is 11.3 Å². The van der Waals surface area contributed by atoms with Gasteiger partial charge in [-0.1, -0.05) is 25.0 Å². The second-order valence-corrected chi connectivity index (χ2v) is 11.8. The third-order valence-corrected chi connectivity index (χ3v) is 8.19. The first-order valence-electron chi connectivity index (χ1n) is 11.4. The van der Waals surface area contributed by atoms with Crippen molar-refractivity contribution in [2.45, 2.75) is 49.5 Å². The van der Waals surface area contributed by atoms with Gasteiger partial charge >= 0.3 is 0 Å². The molecule has 8 nitrogen and oxygen atoms in total. The third-order valence-electron chi connectivity index (χ3n) is 5.88. The van der Waals surface area contributed by atoms with Gasteiger partial charge in [0, 0.05) is 36.5 Å². The number of hydrogen-bond acceptors (Lipinski definition) is 6. The molecule has 1 aliphatic rings. The first kappa shape index (κ1) is 26.8. The number of anilines is 1. The molecule has 188 valence electrons. The average Bonchev–Trinajstić information content (AvgIpc) is 3.44. The molecule has 3 rings (SSSR count). The van der Waals surface area contributed by atoms with Crippen LogP contribution in [0.5, 0.6) is 0 Å². The fraction of sp³-hybridized carbons (Fsp3) is 0.400. The molecule has 1 aromatic carbocycles. The van der Waals surface area contributed by atoms with Crippen molar-refractivity contribution in [1.29, 1.82) is 0 Å². The van der Waals surface area contributed by atoms with E-state index < -0.39 is 15.4 Å². The SMILES string of the molecule is CN=C(N=CC/C=C\c1sc(C(=O)NC2(CO)CCCC2)cc1C)Nc1cccc(S(C)(=O)=O)c1. The molecule has 2 aromatic rings. The van der Waals surface area contributed by atoms with Crippen molar-refractivity contribution >= 4 is 51.0 Å². The van der Waals surface area contributed by atoms with Gasteiger partial charge in [-0.05, 0) is 55.7 Å². The molecule has 1 amide bonds. The summed E-state index contributed by atoms with van der Waals surface area (Å²) in [5, 5.41) is 15.8. The zero-order chi connectivity index (χ0) is 25.5. The van der Waals surface area contributed by atoms with E-state index in [4.69, 9.17) is 0 Å². The number of guanidine groups is 1. The Balaban J connectivity index is 1.57. The van der Waals surface area contributed by atoms with E-state index in [1.54, 1.807) is 37.5 Å². The van der Waals surface area contributed by atoms with Crippen molar-refractivity contribution in [3.05, 3.63) is 51.7 Å². The maximum atomic E-state index is 12.7. The number of aliphatic hydroxyl groups excluding tert-OH is 1. The Morgan fingerprint density at radius 3 is 2.66 bits per heavy atom. The largest absolute Gasteiger partial charge is 0.394 e. The number of aryl methyl sites for hydroxylation is 1. The molecule has 0 atom stereocenters. The molecule has 1 aliphatic carbocycles. The van der Waals surface area contributed by atoms with Crippen molar-refractivity contribution in [3.63, 3.8) is 0 Å². The number of sulfone groups is 1.